The van der Waals surface area contributed by atoms with Crippen LogP contribution in [-0.4, -0.2) is 5.97 Å². The van der Waals surface area contributed by atoms with Gasteiger partial charge in [0.1, 0.15) is 0 Å². The summed E-state index contributed by atoms with van der Waals surface area (Å²) in [5.41, 5.74) is 3.67. The van der Waals surface area contributed by atoms with E-state index < -0.39 is 5.97 Å². The lowest BCUT2D eigenvalue weighted by molar-refractivity contribution is -0.305. The Morgan fingerprint density at radius 2 is 2.12 bits per heavy atom. The van der Waals surface area contributed by atoms with Crippen molar-refractivity contribution < 1.29 is 9.90 Å². The van der Waals surface area contributed by atoms with E-state index in [0.29, 0.717) is 0 Å². The number of rotatable bonds is 5. The summed E-state index contributed by atoms with van der Waals surface area (Å²) in [6, 6.07) is 8.10. The van der Waals surface area contributed by atoms with Gasteiger partial charge in [0.2, 0.25) is 0 Å². The third kappa shape index (κ3) is 2.57. The maximum atomic E-state index is 10.7. The first kappa shape index (κ1) is 11.9. The predicted molar refractivity (Wildman–Crippen MR) is 66.3 cm³/mol. The van der Waals surface area contributed by atoms with E-state index in [1.54, 1.807) is 0 Å². The molecule has 0 radical (unpaired) electrons. The van der Waals surface area contributed by atoms with Gasteiger partial charge in [-0.25, -0.2) is 0 Å². The Morgan fingerprint density at radius 1 is 1.35 bits per heavy atom. The Morgan fingerprint density at radius 3 is 2.82 bits per heavy atom. The summed E-state index contributed by atoms with van der Waals surface area (Å²) >= 11 is 0. The summed E-state index contributed by atoms with van der Waals surface area (Å²) in [4.78, 5) is 10.7. The van der Waals surface area contributed by atoms with Crippen LogP contribution in [0.4, 0.5) is 0 Å². The molecule has 0 aromatic heterocycles. The normalized spacial score (nSPS) is 17.7. The molecule has 1 aliphatic carbocycles. The van der Waals surface area contributed by atoms with E-state index in [4.69, 9.17) is 0 Å². The van der Waals surface area contributed by atoms with E-state index in [-0.39, 0.29) is 12.3 Å². The van der Waals surface area contributed by atoms with Gasteiger partial charge in [0, 0.05) is 11.9 Å². The van der Waals surface area contributed by atoms with Gasteiger partial charge in [-0.1, -0.05) is 43.7 Å². The van der Waals surface area contributed by atoms with Crippen molar-refractivity contribution in [1.82, 2.24) is 0 Å². The maximum Gasteiger partial charge on any atom is 0.0423 e. The molecule has 0 aliphatic heterocycles. The zero-order valence-corrected chi connectivity index (χ0v) is 10.1. The maximum absolute atomic E-state index is 10.7. The quantitative estimate of drug-likeness (QED) is 0.778. The van der Waals surface area contributed by atoms with Crippen molar-refractivity contribution in [2.24, 2.45) is 0 Å². The second kappa shape index (κ2) is 5.17. The van der Waals surface area contributed by atoms with Gasteiger partial charge in [-0.05, 0) is 36.0 Å². The molecule has 1 aromatic carbocycles. The molecule has 0 N–H and O–H groups in total. The molecular weight excluding hydrogens is 212 g/mol. The molecule has 0 spiro atoms. The molecule has 1 atom stereocenters. The number of fused-ring (bicyclic) bond motifs is 1. The van der Waals surface area contributed by atoms with E-state index >= 15 is 0 Å². The summed E-state index contributed by atoms with van der Waals surface area (Å²) in [6.45, 7) is 2.17. The molecule has 2 rings (SSSR count). The number of benzene rings is 1. The summed E-state index contributed by atoms with van der Waals surface area (Å²) in [6.07, 6.45) is 5.54. The Labute approximate surface area is 102 Å². The molecule has 90 valence electrons. The highest BCUT2D eigenvalue weighted by Gasteiger charge is 2.22. The zero-order valence-electron chi connectivity index (χ0n) is 10.1. The number of hydrogen-bond donors (Lipinski definition) is 0. The average molecular weight is 229 g/mol. The smallest absolute Gasteiger partial charge is 0.0423 e. The van der Waals surface area contributed by atoms with E-state index in [9.17, 15) is 9.90 Å². The number of allylic oxidation sites excluding steroid dienone is 2. The first-order valence-corrected chi connectivity index (χ1v) is 6.22. The van der Waals surface area contributed by atoms with Crippen LogP contribution in [0.15, 0.2) is 30.3 Å². The number of hydrogen-bond acceptors (Lipinski definition) is 2. The van der Waals surface area contributed by atoms with Crippen LogP contribution in [0.25, 0.3) is 5.57 Å². The number of aliphatic carboxylic acids is 1. The molecule has 17 heavy (non-hydrogen) atoms. The zero-order chi connectivity index (χ0) is 12.3. The Bertz CT molecular complexity index is 446. The van der Waals surface area contributed by atoms with E-state index in [2.05, 4.69) is 19.1 Å². The summed E-state index contributed by atoms with van der Waals surface area (Å²) in [7, 11) is 0. The number of carbonyl (C=O) groups excluding carboxylic acids is 1. The van der Waals surface area contributed by atoms with E-state index in [1.807, 2.05) is 18.2 Å². The van der Waals surface area contributed by atoms with Gasteiger partial charge >= 0.3 is 0 Å². The van der Waals surface area contributed by atoms with E-state index in [1.165, 1.54) is 11.1 Å². The van der Waals surface area contributed by atoms with Crippen LogP contribution >= 0.6 is 0 Å². The molecule has 2 nitrogen and oxygen atoms in total. The molecule has 1 aromatic rings. The molecule has 0 bridgehead atoms. The highest BCUT2D eigenvalue weighted by atomic mass is 16.4. The van der Waals surface area contributed by atoms with Crippen LogP contribution in [0.2, 0.25) is 0 Å². The standard InChI is InChI=1S/C15H18O2/c1-2-3-6-11-9-12(10-15(16)17)14-8-5-4-7-13(11)14/h4-5,7-9,12H,2-3,6,10H2,1H3,(H,16,17)/p-1. The average Bonchev–Trinajstić information content (AvgIpc) is 2.65. The molecule has 0 saturated carbocycles. The predicted octanol–water partition coefficient (Wildman–Crippen LogP) is 2.50. The number of carboxylic acids is 1. The molecule has 0 amide bonds. The molecule has 1 unspecified atom stereocenters. The van der Waals surface area contributed by atoms with Gasteiger partial charge in [0.05, 0.1) is 0 Å². The van der Waals surface area contributed by atoms with Crippen LogP contribution < -0.4 is 5.11 Å². The van der Waals surface area contributed by atoms with E-state index in [0.717, 1.165) is 24.8 Å². The third-order valence-electron chi connectivity index (χ3n) is 3.29. The lowest BCUT2D eigenvalue weighted by Crippen LogP contribution is -2.23. The minimum absolute atomic E-state index is 0.00283. The van der Waals surface area contributed by atoms with Crippen LogP contribution in [-0.2, 0) is 4.79 Å². The number of unbranched alkanes of at least 4 members (excludes halogenated alkanes) is 1. The van der Waals surface area contributed by atoms with Gasteiger partial charge in [0.25, 0.3) is 0 Å². The van der Waals surface area contributed by atoms with Crippen LogP contribution in [0.3, 0.4) is 0 Å². The summed E-state index contributed by atoms with van der Waals surface area (Å²) in [5, 5.41) is 10.7. The fraction of sp³-hybridized carbons (Fsp3) is 0.400. The van der Waals surface area contributed by atoms with Crippen molar-refractivity contribution in [3.05, 3.63) is 41.5 Å². The Hall–Kier alpha value is -1.57. The molecule has 0 heterocycles. The fourth-order valence-electron chi connectivity index (χ4n) is 2.47. The van der Waals surface area contributed by atoms with Crippen molar-refractivity contribution >= 4 is 11.5 Å². The van der Waals surface area contributed by atoms with Gasteiger partial charge in [-0.15, -0.1) is 0 Å². The van der Waals surface area contributed by atoms with Gasteiger partial charge in [-0.3, -0.25) is 0 Å². The molecular formula is C15H17O2-. The monoisotopic (exact) mass is 229 g/mol. The molecule has 2 heteroatoms. The molecule has 0 saturated heterocycles. The lowest BCUT2D eigenvalue weighted by Gasteiger charge is -2.10. The largest absolute Gasteiger partial charge is 0.550 e. The topological polar surface area (TPSA) is 40.1 Å². The van der Waals surface area contributed by atoms with Crippen molar-refractivity contribution in [2.45, 2.75) is 38.5 Å². The van der Waals surface area contributed by atoms with Gasteiger partial charge in [-0.2, -0.15) is 0 Å². The third-order valence-corrected chi connectivity index (χ3v) is 3.29. The molecule has 0 fully saturated rings. The van der Waals surface area contributed by atoms with Crippen molar-refractivity contribution in [3.8, 4) is 0 Å². The SMILES string of the molecule is CCCCC1=CC(CC(=O)[O-])c2ccccc21. The van der Waals surface area contributed by atoms with Crippen LogP contribution in [0, 0.1) is 0 Å². The highest BCUT2D eigenvalue weighted by Crippen LogP contribution is 2.39. The van der Waals surface area contributed by atoms with Crippen LogP contribution in [0.5, 0.6) is 0 Å². The van der Waals surface area contributed by atoms with Crippen LogP contribution in [0.1, 0.15) is 49.7 Å². The minimum atomic E-state index is -0.974. The highest BCUT2D eigenvalue weighted by molar-refractivity contribution is 5.77. The minimum Gasteiger partial charge on any atom is -0.550 e. The number of carbonyl (C=O) groups is 1. The second-order valence-corrected chi connectivity index (χ2v) is 4.57. The first-order valence-electron chi connectivity index (χ1n) is 6.22. The van der Waals surface area contributed by atoms with Gasteiger partial charge in [0.15, 0.2) is 0 Å². The second-order valence-electron chi connectivity index (χ2n) is 4.57. The van der Waals surface area contributed by atoms with Crippen molar-refractivity contribution in [2.75, 3.05) is 0 Å². The summed E-state index contributed by atoms with van der Waals surface area (Å²) < 4.78 is 0. The summed E-state index contributed by atoms with van der Waals surface area (Å²) in [5.74, 6) is -0.971. The van der Waals surface area contributed by atoms with Crippen molar-refractivity contribution in [1.29, 1.82) is 0 Å². The Kier molecular flexibility index (Phi) is 3.62. The lowest BCUT2D eigenvalue weighted by atomic mass is 9.97. The number of carboxylic acid groups (broad SMARTS) is 1. The first-order chi connectivity index (χ1) is 8.22. The van der Waals surface area contributed by atoms with Gasteiger partial charge < -0.3 is 9.90 Å². The van der Waals surface area contributed by atoms with Crippen molar-refractivity contribution in [3.63, 3.8) is 0 Å². The molecule has 1 aliphatic rings. The Balaban J connectivity index is 2.25. The fourth-order valence-corrected chi connectivity index (χ4v) is 2.47.